The molecule has 6 nitrogen and oxygen atoms in total. The number of carbonyl (C=O) groups excluding carboxylic acids is 1. The lowest BCUT2D eigenvalue weighted by atomic mass is 10.3. The maximum absolute atomic E-state index is 13.8. The second-order valence-electron chi connectivity index (χ2n) is 6.15. The fraction of sp³-hybridized carbons (Fsp3) is 0.412. The number of hydrogen-bond donors (Lipinski definition) is 1. The van der Waals surface area contributed by atoms with Gasteiger partial charge in [0.15, 0.2) is 0 Å². The summed E-state index contributed by atoms with van der Waals surface area (Å²) < 4.78 is 15.2. The Morgan fingerprint density at radius 3 is 2.62 bits per heavy atom. The van der Waals surface area contributed by atoms with Crippen LogP contribution in [0.4, 0.5) is 14.9 Å². The number of anilines is 1. The quantitative estimate of drug-likeness (QED) is 0.884. The molecule has 0 saturated carbocycles. The zero-order valence-corrected chi connectivity index (χ0v) is 14.5. The van der Waals surface area contributed by atoms with Gasteiger partial charge in [-0.25, -0.2) is 13.9 Å². The first-order chi connectivity index (χ1) is 11.4. The van der Waals surface area contributed by atoms with Gasteiger partial charge in [-0.15, -0.1) is 0 Å². The Morgan fingerprint density at radius 2 is 2.00 bits per heavy atom. The third-order valence-electron chi connectivity index (χ3n) is 3.61. The van der Waals surface area contributed by atoms with Crippen LogP contribution in [0.1, 0.15) is 13.8 Å². The van der Waals surface area contributed by atoms with E-state index in [0.717, 1.165) is 6.54 Å². The number of para-hydroxylation sites is 1. The van der Waals surface area contributed by atoms with E-state index in [0.29, 0.717) is 17.9 Å². The van der Waals surface area contributed by atoms with Crippen molar-refractivity contribution in [2.75, 3.05) is 32.5 Å². The molecule has 1 aromatic carbocycles. The molecule has 1 N–H and O–H groups in total. The first-order valence-corrected chi connectivity index (χ1v) is 7.90. The summed E-state index contributed by atoms with van der Waals surface area (Å²) in [6, 6.07) is 6.24. The summed E-state index contributed by atoms with van der Waals surface area (Å²) in [5.41, 5.74) is 0.866. The summed E-state index contributed by atoms with van der Waals surface area (Å²) in [4.78, 5) is 16.2. The number of urea groups is 1. The number of nitrogens with one attached hydrogen (secondary N) is 1. The van der Waals surface area contributed by atoms with Gasteiger partial charge in [0.2, 0.25) is 0 Å². The average molecular weight is 333 g/mol. The Bertz CT molecular complexity index is 683. The third-order valence-corrected chi connectivity index (χ3v) is 3.61. The Morgan fingerprint density at radius 1 is 1.29 bits per heavy atom. The lowest BCUT2D eigenvalue weighted by Crippen LogP contribution is -2.43. The van der Waals surface area contributed by atoms with Crippen molar-refractivity contribution in [3.63, 3.8) is 0 Å². The maximum Gasteiger partial charge on any atom is 0.322 e. The van der Waals surface area contributed by atoms with E-state index < -0.39 is 0 Å². The Balaban J connectivity index is 2.07. The number of benzene rings is 1. The molecular weight excluding hydrogens is 309 g/mol. The van der Waals surface area contributed by atoms with E-state index in [9.17, 15) is 9.18 Å². The van der Waals surface area contributed by atoms with Crippen LogP contribution >= 0.6 is 0 Å². The maximum atomic E-state index is 13.8. The molecule has 0 saturated heterocycles. The molecule has 0 aliphatic heterocycles. The van der Waals surface area contributed by atoms with Gasteiger partial charge in [0.25, 0.3) is 0 Å². The molecule has 1 aromatic heterocycles. The Kier molecular flexibility index (Phi) is 5.92. The molecule has 0 aliphatic carbocycles. The van der Waals surface area contributed by atoms with Crippen LogP contribution in [0.15, 0.2) is 36.7 Å². The van der Waals surface area contributed by atoms with Crippen molar-refractivity contribution in [3.05, 3.63) is 42.5 Å². The molecule has 0 spiro atoms. The number of amides is 2. The molecule has 1 heterocycles. The van der Waals surface area contributed by atoms with Crippen LogP contribution in [0, 0.1) is 5.82 Å². The topological polar surface area (TPSA) is 53.4 Å². The number of likely N-dealkylation sites (N-methyl/N-ethyl adjacent to an activating group) is 1. The van der Waals surface area contributed by atoms with Gasteiger partial charge in [-0.2, -0.15) is 5.10 Å². The molecule has 0 bridgehead atoms. The highest BCUT2D eigenvalue weighted by molar-refractivity contribution is 5.89. The second kappa shape index (κ2) is 7.92. The zero-order chi connectivity index (χ0) is 17.7. The fourth-order valence-electron chi connectivity index (χ4n) is 2.25. The molecule has 0 fully saturated rings. The Hall–Kier alpha value is -2.41. The number of hydrogen-bond acceptors (Lipinski definition) is 3. The molecule has 130 valence electrons. The number of rotatable bonds is 6. The molecule has 2 rings (SSSR count). The molecular formula is C17H24FN5O. The fourth-order valence-corrected chi connectivity index (χ4v) is 2.25. The average Bonchev–Trinajstić information content (AvgIpc) is 2.95. The van der Waals surface area contributed by atoms with E-state index in [2.05, 4.69) is 10.4 Å². The monoisotopic (exact) mass is 333 g/mol. The largest absolute Gasteiger partial charge is 0.322 e. The van der Waals surface area contributed by atoms with Crippen molar-refractivity contribution in [1.82, 2.24) is 19.6 Å². The van der Waals surface area contributed by atoms with Gasteiger partial charge in [0, 0.05) is 19.1 Å². The van der Waals surface area contributed by atoms with Crippen molar-refractivity contribution in [2.45, 2.75) is 19.9 Å². The van der Waals surface area contributed by atoms with Crippen molar-refractivity contribution < 1.29 is 9.18 Å². The van der Waals surface area contributed by atoms with Crippen LogP contribution < -0.4 is 5.32 Å². The summed E-state index contributed by atoms with van der Waals surface area (Å²) >= 11 is 0. The third kappa shape index (κ3) is 4.55. The van der Waals surface area contributed by atoms with Gasteiger partial charge in [-0.3, -0.25) is 0 Å². The summed E-state index contributed by atoms with van der Waals surface area (Å²) in [7, 11) is 3.93. The van der Waals surface area contributed by atoms with E-state index in [1.165, 1.54) is 16.9 Å². The molecule has 2 aromatic rings. The number of aromatic nitrogens is 2. The van der Waals surface area contributed by atoms with Crippen LogP contribution in [-0.2, 0) is 0 Å². The smallest absolute Gasteiger partial charge is 0.321 e. The highest BCUT2D eigenvalue weighted by atomic mass is 19.1. The molecule has 7 heteroatoms. The van der Waals surface area contributed by atoms with Crippen molar-refractivity contribution >= 4 is 11.7 Å². The summed E-state index contributed by atoms with van der Waals surface area (Å²) in [6.45, 7) is 5.34. The van der Waals surface area contributed by atoms with Crippen LogP contribution in [0.5, 0.6) is 0 Å². The highest BCUT2D eigenvalue weighted by Gasteiger charge is 2.18. The lowest BCUT2D eigenvalue weighted by Gasteiger charge is -2.28. The minimum Gasteiger partial charge on any atom is -0.321 e. The molecule has 24 heavy (non-hydrogen) atoms. The minimum absolute atomic E-state index is 0.0755. The molecule has 0 aliphatic rings. The normalized spacial score (nSPS) is 11.1. The summed E-state index contributed by atoms with van der Waals surface area (Å²) in [5, 5.41) is 6.93. The van der Waals surface area contributed by atoms with Gasteiger partial charge < -0.3 is 15.1 Å². The van der Waals surface area contributed by atoms with E-state index in [1.807, 2.05) is 32.8 Å². The van der Waals surface area contributed by atoms with E-state index in [4.69, 9.17) is 0 Å². The molecule has 2 amide bonds. The first kappa shape index (κ1) is 17.9. The van der Waals surface area contributed by atoms with Crippen molar-refractivity contribution in [3.8, 4) is 5.69 Å². The SMILES string of the molecule is CC(C)N(CCN(C)C)C(=O)Nc1cnn(-c2ccccc2F)c1. The number of carbonyl (C=O) groups is 1. The van der Waals surface area contributed by atoms with Gasteiger partial charge >= 0.3 is 6.03 Å². The van der Waals surface area contributed by atoms with Crippen LogP contribution in [0.25, 0.3) is 5.69 Å². The van der Waals surface area contributed by atoms with Gasteiger partial charge in [-0.05, 0) is 40.1 Å². The molecule has 0 radical (unpaired) electrons. The van der Waals surface area contributed by atoms with Crippen molar-refractivity contribution in [2.24, 2.45) is 0 Å². The zero-order valence-electron chi connectivity index (χ0n) is 14.5. The number of halogens is 1. The van der Waals surface area contributed by atoms with Gasteiger partial charge in [0.1, 0.15) is 11.5 Å². The predicted octanol–water partition coefficient (Wildman–Crippen LogP) is 2.82. The molecule has 0 unspecified atom stereocenters. The standard InChI is InChI=1S/C17H24FN5O/c1-13(2)22(10-9-21(3)4)17(24)20-14-11-19-23(12-14)16-8-6-5-7-15(16)18/h5-8,11-13H,9-10H2,1-4H3,(H,20,24). The van der Waals surface area contributed by atoms with Gasteiger partial charge in [-0.1, -0.05) is 12.1 Å². The minimum atomic E-state index is -0.367. The van der Waals surface area contributed by atoms with Crippen LogP contribution in [-0.4, -0.2) is 58.8 Å². The summed E-state index contributed by atoms with van der Waals surface area (Å²) in [5.74, 6) is -0.367. The second-order valence-corrected chi connectivity index (χ2v) is 6.15. The van der Waals surface area contributed by atoms with Gasteiger partial charge in [0.05, 0.1) is 18.1 Å². The van der Waals surface area contributed by atoms with Crippen molar-refractivity contribution in [1.29, 1.82) is 0 Å². The van der Waals surface area contributed by atoms with E-state index >= 15 is 0 Å². The van der Waals surface area contributed by atoms with E-state index in [-0.39, 0.29) is 17.9 Å². The Labute approximate surface area is 141 Å². The first-order valence-electron chi connectivity index (χ1n) is 7.90. The number of nitrogens with zero attached hydrogens (tertiary/aromatic N) is 4. The molecule has 0 atom stereocenters. The van der Waals surface area contributed by atoms with Crippen LogP contribution in [0.3, 0.4) is 0 Å². The highest BCUT2D eigenvalue weighted by Crippen LogP contribution is 2.15. The van der Waals surface area contributed by atoms with Crippen LogP contribution in [0.2, 0.25) is 0 Å². The predicted molar refractivity (Wildman–Crippen MR) is 92.9 cm³/mol. The lowest BCUT2D eigenvalue weighted by molar-refractivity contribution is 0.189. The van der Waals surface area contributed by atoms with E-state index in [1.54, 1.807) is 29.3 Å². The summed E-state index contributed by atoms with van der Waals surface area (Å²) in [6.07, 6.45) is 3.11.